The first kappa shape index (κ1) is 23.0. The molecule has 2 N–H and O–H groups in total. The van der Waals surface area contributed by atoms with Crippen LogP contribution in [0.15, 0.2) is 67.4 Å². The molecule has 2 amide bonds. The second-order valence-electron chi connectivity index (χ2n) is 6.86. The number of carbonyl (C=O) groups is 2. The van der Waals surface area contributed by atoms with Gasteiger partial charge < -0.3 is 10.6 Å². The second-order valence-corrected chi connectivity index (χ2v) is 7.97. The lowest BCUT2D eigenvalue weighted by Gasteiger charge is -2.09. The van der Waals surface area contributed by atoms with Crippen molar-refractivity contribution in [3.05, 3.63) is 88.5 Å². The van der Waals surface area contributed by atoms with Crippen LogP contribution in [0.2, 0.25) is 0 Å². The Balaban J connectivity index is 1.37. The van der Waals surface area contributed by atoms with Gasteiger partial charge in [-0.2, -0.15) is 13.2 Å². The Morgan fingerprint density at radius 3 is 2.53 bits per heavy atom. The molecule has 4 aromatic rings. The Kier molecular flexibility index (Phi) is 6.59. The topological polar surface area (TPSA) is 110 Å². The number of alkyl halides is 3. The first-order chi connectivity index (χ1) is 16.3. The maximum absolute atomic E-state index is 12.8. The largest absolute Gasteiger partial charge is 0.416 e. The number of nitrogens with zero attached hydrogens (tertiary/aromatic N) is 4. The lowest BCUT2D eigenvalue weighted by molar-refractivity contribution is -0.137. The van der Waals surface area contributed by atoms with Crippen LogP contribution in [0.4, 0.5) is 18.9 Å². The number of pyridine rings is 1. The van der Waals surface area contributed by atoms with E-state index in [1.54, 1.807) is 30.6 Å². The zero-order chi connectivity index (χ0) is 24.1. The van der Waals surface area contributed by atoms with E-state index in [4.69, 9.17) is 0 Å². The van der Waals surface area contributed by atoms with Crippen LogP contribution in [0, 0.1) is 0 Å². The monoisotopic (exact) mass is 484 g/mol. The highest BCUT2D eigenvalue weighted by Crippen LogP contribution is 2.30. The molecule has 0 spiro atoms. The second kappa shape index (κ2) is 9.75. The van der Waals surface area contributed by atoms with E-state index >= 15 is 0 Å². The number of halogens is 3. The summed E-state index contributed by atoms with van der Waals surface area (Å²) < 4.78 is 38.5. The van der Waals surface area contributed by atoms with E-state index in [2.05, 4.69) is 30.6 Å². The van der Waals surface area contributed by atoms with Gasteiger partial charge in [-0.15, -0.1) is 11.3 Å². The number of nitrogens with one attached hydrogen (secondary N) is 2. The number of hydrogen-bond donors (Lipinski definition) is 2. The summed E-state index contributed by atoms with van der Waals surface area (Å²) >= 11 is 1.01. The highest BCUT2D eigenvalue weighted by Gasteiger charge is 2.30. The molecule has 3 aromatic heterocycles. The minimum atomic E-state index is -4.51. The minimum absolute atomic E-state index is 0.0110. The fourth-order valence-corrected chi connectivity index (χ4v) is 3.62. The van der Waals surface area contributed by atoms with E-state index in [9.17, 15) is 22.8 Å². The van der Waals surface area contributed by atoms with Gasteiger partial charge in [0, 0.05) is 23.6 Å². The highest BCUT2D eigenvalue weighted by molar-refractivity contribution is 7.13. The SMILES string of the molecule is O=C(NCc1ncc(C(=O)Nc2cccc(C(F)(F)F)c2)s1)c1cc(-c2ccncc2)ncn1. The molecule has 3 heterocycles. The molecule has 8 nitrogen and oxygen atoms in total. The van der Waals surface area contributed by atoms with Gasteiger partial charge in [0.25, 0.3) is 11.8 Å². The van der Waals surface area contributed by atoms with Gasteiger partial charge in [0.15, 0.2) is 0 Å². The molecule has 0 aliphatic rings. The van der Waals surface area contributed by atoms with Gasteiger partial charge in [-0.1, -0.05) is 6.07 Å². The summed E-state index contributed by atoms with van der Waals surface area (Å²) in [5.41, 5.74) is 0.640. The van der Waals surface area contributed by atoms with Crippen molar-refractivity contribution in [3.63, 3.8) is 0 Å². The number of rotatable bonds is 6. The number of benzene rings is 1. The Labute approximate surface area is 195 Å². The smallest absolute Gasteiger partial charge is 0.344 e. The van der Waals surface area contributed by atoms with Gasteiger partial charge >= 0.3 is 6.18 Å². The van der Waals surface area contributed by atoms with E-state index in [0.717, 1.165) is 29.0 Å². The number of carbonyl (C=O) groups excluding carboxylic acids is 2. The van der Waals surface area contributed by atoms with Crippen LogP contribution in [0.3, 0.4) is 0 Å². The Hall–Kier alpha value is -4.19. The average molecular weight is 484 g/mol. The van der Waals surface area contributed by atoms with E-state index in [1.165, 1.54) is 24.7 Å². The van der Waals surface area contributed by atoms with E-state index in [1.807, 2.05) is 0 Å². The van der Waals surface area contributed by atoms with Crippen LogP contribution in [-0.4, -0.2) is 31.8 Å². The summed E-state index contributed by atoms with van der Waals surface area (Å²) in [4.78, 5) is 41.2. The van der Waals surface area contributed by atoms with E-state index in [0.29, 0.717) is 10.7 Å². The van der Waals surface area contributed by atoms with Crippen molar-refractivity contribution < 1.29 is 22.8 Å². The number of anilines is 1. The van der Waals surface area contributed by atoms with Crippen LogP contribution in [0.1, 0.15) is 30.7 Å². The lowest BCUT2D eigenvalue weighted by Crippen LogP contribution is -2.23. The van der Waals surface area contributed by atoms with Crippen molar-refractivity contribution in [2.45, 2.75) is 12.7 Å². The molecule has 12 heteroatoms. The predicted octanol–water partition coefficient (Wildman–Crippen LogP) is 4.20. The standard InChI is InChI=1S/C22H15F3N6O2S/c23-22(24,25)14-2-1-3-15(8-14)31-21(33)18-10-27-19(34-18)11-28-20(32)17-9-16(29-12-30-17)13-4-6-26-7-5-13/h1-10,12H,11H2,(H,28,32)(H,31,33). The normalized spacial score (nSPS) is 11.1. The molecule has 0 aliphatic carbocycles. The van der Waals surface area contributed by atoms with Crippen LogP contribution in [0.5, 0.6) is 0 Å². The molecule has 0 aliphatic heterocycles. The third kappa shape index (κ3) is 5.59. The molecule has 34 heavy (non-hydrogen) atoms. The maximum Gasteiger partial charge on any atom is 0.416 e. The van der Waals surface area contributed by atoms with Crippen LogP contribution >= 0.6 is 11.3 Å². The van der Waals surface area contributed by atoms with Gasteiger partial charge in [0.1, 0.15) is 21.9 Å². The van der Waals surface area contributed by atoms with Crippen molar-refractivity contribution in [2.24, 2.45) is 0 Å². The maximum atomic E-state index is 12.8. The molecule has 0 fully saturated rings. The Bertz CT molecular complexity index is 1330. The molecule has 0 unspecified atom stereocenters. The summed E-state index contributed by atoms with van der Waals surface area (Å²) in [7, 11) is 0. The third-order valence-corrected chi connectivity index (χ3v) is 5.50. The lowest BCUT2D eigenvalue weighted by atomic mass is 10.2. The number of aromatic nitrogens is 4. The van der Waals surface area contributed by atoms with Gasteiger partial charge in [-0.25, -0.2) is 15.0 Å². The Morgan fingerprint density at radius 1 is 0.971 bits per heavy atom. The van der Waals surface area contributed by atoms with Crippen molar-refractivity contribution in [3.8, 4) is 11.3 Å². The number of amides is 2. The molecular weight excluding hydrogens is 469 g/mol. The molecule has 172 valence electrons. The molecular formula is C22H15F3N6O2S. The van der Waals surface area contributed by atoms with Crippen LogP contribution < -0.4 is 10.6 Å². The zero-order valence-corrected chi connectivity index (χ0v) is 18.0. The van der Waals surface area contributed by atoms with Crippen molar-refractivity contribution in [1.82, 2.24) is 25.3 Å². The van der Waals surface area contributed by atoms with Crippen molar-refractivity contribution >= 4 is 28.8 Å². The van der Waals surface area contributed by atoms with Gasteiger partial charge in [0.05, 0.1) is 24.0 Å². The van der Waals surface area contributed by atoms with Gasteiger partial charge in [-0.05, 0) is 36.4 Å². The quantitative estimate of drug-likeness (QED) is 0.425. The van der Waals surface area contributed by atoms with E-state index < -0.39 is 23.6 Å². The zero-order valence-electron chi connectivity index (χ0n) is 17.2. The Morgan fingerprint density at radius 2 is 1.76 bits per heavy atom. The van der Waals surface area contributed by atoms with Crippen molar-refractivity contribution in [2.75, 3.05) is 5.32 Å². The molecule has 0 bridgehead atoms. The fourth-order valence-electron chi connectivity index (χ4n) is 2.87. The summed E-state index contributed by atoms with van der Waals surface area (Å²) in [6, 6.07) is 9.39. The fraction of sp³-hybridized carbons (Fsp3) is 0.0909. The molecule has 0 saturated carbocycles. The van der Waals surface area contributed by atoms with E-state index in [-0.39, 0.29) is 22.8 Å². The van der Waals surface area contributed by atoms with Gasteiger partial charge in [0.2, 0.25) is 0 Å². The van der Waals surface area contributed by atoms with Gasteiger partial charge in [-0.3, -0.25) is 14.6 Å². The molecule has 0 radical (unpaired) electrons. The number of hydrogen-bond acceptors (Lipinski definition) is 7. The molecule has 4 rings (SSSR count). The number of thiazole rings is 1. The summed E-state index contributed by atoms with van der Waals surface area (Å²) in [5, 5.41) is 5.52. The highest BCUT2D eigenvalue weighted by atomic mass is 32.1. The first-order valence-electron chi connectivity index (χ1n) is 9.73. The first-order valence-corrected chi connectivity index (χ1v) is 10.6. The van der Waals surface area contributed by atoms with Crippen molar-refractivity contribution in [1.29, 1.82) is 0 Å². The summed E-state index contributed by atoms with van der Waals surface area (Å²) in [6.07, 6.45) is 1.28. The molecule has 0 saturated heterocycles. The predicted molar refractivity (Wildman–Crippen MR) is 118 cm³/mol. The van der Waals surface area contributed by atoms with Crippen LogP contribution in [0.25, 0.3) is 11.3 Å². The summed E-state index contributed by atoms with van der Waals surface area (Å²) in [5.74, 6) is -1.06. The minimum Gasteiger partial charge on any atom is -0.344 e. The average Bonchev–Trinajstić information content (AvgIpc) is 3.32. The van der Waals surface area contributed by atoms with Crippen LogP contribution in [-0.2, 0) is 12.7 Å². The molecule has 0 atom stereocenters. The summed E-state index contributed by atoms with van der Waals surface area (Å²) in [6.45, 7) is 0.0366. The molecule has 1 aromatic carbocycles. The third-order valence-electron chi connectivity index (χ3n) is 4.50.